The molecule has 0 fully saturated rings. The molecule has 0 saturated heterocycles. The van der Waals surface area contributed by atoms with Crippen molar-refractivity contribution in [3.8, 4) is 22.3 Å². The highest BCUT2D eigenvalue weighted by Crippen LogP contribution is 2.65. The van der Waals surface area contributed by atoms with E-state index in [0.717, 1.165) is 5.69 Å². The lowest BCUT2D eigenvalue weighted by Crippen LogP contribution is -2.28. The summed E-state index contributed by atoms with van der Waals surface area (Å²) in [6, 6.07) is 75.1. The maximum absolute atomic E-state index is 2.59. The van der Waals surface area contributed by atoms with Crippen molar-refractivity contribution in [2.45, 2.75) is 5.41 Å². The lowest BCUT2D eigenvalue weighted by Gasteiger charge is -2.36. The minimum absolute atomic E-state index is 0.498. The third-order valence-corrected chi connectivity index (χ3v) is 14.1. The molecular weight excluding hydrogens is 707 g/mol. The van der Waals surface area contributed by atoms with Crippen molar-refractivity contribution < 1.29 is 0 Å². The van der Waals surface area contributed by atoms with Crippen LogP contribution >= 0.6 is 11.3 Å². The van der Waals surface area contributed by atoms with Crippen LogP contribution in [0.4, 0.5) is 17.1 Å². The molecule has 11 aromatic rings. The zero-order valence-electron chi connectivity index (χ0n) is 30.9. The molecule has 0 atom stereocenters. The molecule has 2 aliphatic carbocycles. The fourth-order valence-electron chi connectivity index (χ4n) is 10.7. The Balaban J connectivity index is 1.19. The molecule has 0 saturated carbocycles. The van der Waals surface area contributed by atoms with Crippen LogP contribution in [0.5, 0.6) is 0 Å². The second-order valence-electron chi connectivity index (χ2n) is 15.5. The summed E-state index contributed by atoms with van der Waals surface area (Å²) in [5.41, 5.74) is 13.6. The Bertz CT molecular complexity index is 3400. The Hall–Kier alpha value is -7.00. The summed E-state index contributed by atoms with van der Waals surface area (Å²) in [4.78, 5) is 2.59. The predicted molar refractivity (Wildman–Crippen MR) is 243 cm³/mol. The van der Waals surface area contributed by atoms with E-state index < -0.39 is 5.41 Å². The first-order valence-corrected chi connectivity index (χ1v) is 20.6. The molecule has 0 radical (unpaired) electrons. The molecule has 0 N–H and O–H groups in total. The van der Waals surface area contributed by atoms with E-state index in [9.17, 15) is 0 Å². The molecule has 1 aromatic heterocycles. The van der Waals surface area contributed by atoms with Crippen LogP contribution in [-0.2, 0) is 5.41 Å². The lowest BCUT2D eigenvalue weighted by atomic mass is 9.70. The van der Waals surface area contributed by atoms with E-state index in [1.807, 2.05) is 11.3 Å². The highest BCUT2D eigenvalue weighted by Gasteiger charge is 2.53. The van der Waals surface area contributed by atoms with Gasteiger partial charge >= 0.3 is 0 Å². The fraction of sp³-hybridized carbons (Fsp3) is 0.0182. The normalized spacial score (nSPS) is 13.4. The van der Waals surface area contributed by atoms with E-state index >= 15 is 0 Å². The molecule has 1 heterocycles. The molecule has 13 rings (SSSR count). The zero-order valence-corrected chi connectivity index (χ0v) is 31.7. The molecule has 0 bridgehead atoms. The van der Waals surface area contributed by atoms with Crippen molar-refractivity contribution in [1.29, 1.82) is 0 Å². The fourth-order valence-corrected chi connectivity index (χ4v) is 11.9. The van der Waals surface area contributed by atoms with Crippen molar-refractivity contribution >= 4 is 80.9 Å². The highest BCUT2D eigenvalue weighted by molar-refractivity contribution is 7.26. The first-order valence-electron chi connectivity index (χ1n) is 19.8. The number of nitrogens with zero attached hydrogens (tertiary/aromatic N) is 1. The number of fused-ring (bicyclic) bond motifs is 19. The van der Waals surface area contributed by atoms with Gasteiger partial charge in [0, 0.05) is 26.7 Å². The van der Waals surface area contributed by atoms with Crippen molar-refractivity contribution in [1.82, 2.24) is 0 Å². The van der Waals surface area contributed by atoms with E-state index in [4.69, 9.17) is 0 Å². The molecule has 0 amide bonds. The van der Waals surface area contributed by atoms with Gasteiger partial charge in [0.15, 0.2) is 0 Å². The van der Waals surface area contributed by atoms with Crippen molar-refractivity contribution in [2.75, 3.05) is 4.90 Å². The largest absolute Gasteiger partial charge is 0.309 e. The first kappa shape index (κ1) is 31.2. The van der Waals surface area contributed by atoms with E-state index in [1.165, 1.54) is 108 Å². The van der Waals surface area contributed by atoms with Crippen molar-refractivity contribution in [2.24, 2.45) is 0 Å². The van der Waals surface area contributed by atoms with E-state index in [-0.39, 0.29) is 0 Å². The van der Waals surface area contributed by atoms with Crippen LogP contribution in [0.25, 0.3) is 74.7 Å². The maximum atomic E-state index is 2.59. The van der Waals surface area contributed by atoms with Gasteiger partial charge in [0.05, 0.1) is 21.5 Å². The van der Waals surface area contributed by atoms with Crippen LogP contribution in [0.1, 0.15) is 22.3 Å². The molecular formula is C55H33NS. The number of hydrogen-bond acceptors (Lipinski definition) is 2. The van der Waals surface area contributed by atoms with Crippen molar-refractivity contribution in [3.05, 3.63) is 222 Å². The average Bonchev–Trinajstić information content (AvgIpc) is 3.92. The van der Waals surface area contributed by atoms with Gasteiger partial charge in [-0.15, -0.1) is 11.3 Å². The van der Waals surface area contributed by atoms with Gasteiger partial charge in [0.2, 0.25) is 0 Å². The standard InChI is InChI=1S/C55H33NS/c1-2-17-37-35(15-1)36-16-3-4-18-38(36)46-33-34(31-32-39(37)46)56(51-29-14-24-45-43-22-8-12-30-52(43)57-54(45)51)50-28-13-23-44-42-21-7-11-27-49(42)55(53(44)50)47-25-9-5-19-40(47)41-20-6-10-26-48(41)55/h1-33H. The molecule has 10 aromatic carbocycles. The second kappa shape index (κ2) is 11.5. The summed E-state index contributed by atoms with van der Waals surface area (Å²) in [7, 11) is 0. The minimum atomic E-state index is -0.498. The van der Waals surface area contributed by atoms with E-state index in [2.05, 4.69) is 205 Å². The zero-order chi connectivity index (χ0) is 37.2. The van der Waals surface area contributed by atoms with Crippen LogP contribution in [0, 0.1) is 0 Å². The summed E-state index contributed by atoms with van der Waals surface area (Å²) in [6.07, 6.45) is 0. The second-order valence-corrected chi connectivity index (χ2v) is 16.5. The SMILES string of the molecule is c1ccc2c(c1)-c1ccccc1C21c2ccccc2-c2cccc(N(c3ccc4c5ccccc5c5ccccc5c4c3)c3cccc4c3sc3ccccc34)c21. The van der Waals surface area contributed by atoms with Gasteiger partial charge in [-0.3, -0.25) is 0 Å². The van der Waals surface area contributed by atoms with Crippen LogP contribution in [0.2, 0.25) is 0 Å². The predicted octanol–water partition coefficient (Wildman–Crippen LogP) is 15.3. The molecule has 0 aliphatic heterocycles. The Morgan fingerprint density at radius 2 is 0.789 bits per heavy atom. The van der Waals surface area contributed by atoms with Gasteiger partial charge in [-0.05, 0) is 102 Å². The Kier molecular flexibility index (Phi) is 6.31. The van der Waals surface area contributed by atoms with Gasteiger partial charge in [0.25, 0.3) is 0 Å². The summed E-state index contributed by atoms with van der Waals surface area (Å²) < 4.78 is 2.59. The summed E-state index contributed by atoms with van der Waals surface area (Å²) in [6.45, 7) is 0. The van der Waals surface area contributed by atoms with Gasteiger partial charge in [-0.2, -0.15) is 0 Å². The summed E-state index contributed by atoms with van der Waals surface area (Å²) >= 11 is 1.89. The van der Waals surface area contributed by atoms with Crippen LogP contribution in [-0.4, -0.2) is 0 Å². The van der Waals surface area contributed by atoms with Gasteiger partial charge in [0.1, 0.15) is 0 Å². The van der Waals surface area contributed by atoms with Crippen LogP contribution < -0.4 is 4.90 Å². The van der Waals surface area contributed by atoms with Crippen molar-refractivity contribution in [3.63, 3.8) is 0 Å². The third kappa shape index (κ3) is 4.02. The topological polar surface area (TPSA) is 3.24 Å². The lowest BCUT2D eigenvalue weighted by molar-refractivity contribution is 0.793. The number of hydrogen-bond donors (Lipinski definition) is 0. The Morgan fingerprint density at radius 3 is 1.44 bits per heavy atom. The quantitative estimate of drug-likeness (QED) is 0.163. The minimum Gasteiger partial charge on any atom is -0.309 e. The number of rotatable bonds is 3. The average molecular weight is 740 g/mol. The van der Waals surface area contributed by atoms with E-state index in [1.54, 1.807) is 0 Å². The van der Waals surface area contributed by atoms with Gasteiger partial charge < -0.3 is 4.90 Å². The molecule has 1 nitrogen and oxygen atoms in total. The van der Waals surface area contributed by atoms with Gasteiger partial charge in [-0.25, -0.2) is 0 Å². The Labute approximate surface area is 334 Å². The van der Waals surface area contributed by atoms with Crippen LogP contribution in [0.3, 0.4) is 0 Å². The highest BCUT2D eigenvalue weighted by atomic mass is 32.1. The first-order chi connectivity index (χ1) is 28.3. The molecule has 2 heteroatoms. The molecule has 264 valence electrons. The summed E-state index contributed by atoms with van der Waals surface area (Å²) in [5.74, 6) is 0. The van der Waals surface area contributed by atoms with E-state index in [0.29, 0.717) is 0 Å². The maximum Gasteiger partial charge on any atom is 0.0746 e. The molecule has 0 unspecified atom stereocenters. The monoisotopic (exact) mass is 739 g/mol. The smallest absolute Gasteiger partial charge is 0.0746 e. The number of benzene rings is 10. The molecule has 57 heavy (non-hydrogen) atoms. The summed E-state index contributed by atoms with van der Waals surface area (Å²) in [5, 5.41) is 10.3. The molecule has 1 spiro atoms. The number of anilines is 3. The molecule has 2 aliphatic rings. The Morgan fingerprint density at radius 1 is 0.333 bits per heavy atom. The van der Waals surface area contributed by atoms with Gasteiger partial charge in [-0.1, -0.05) is 170 Å². The van der Waals surface area contributed by atoms with Crippen LogP contribution in [0.15, 0.2) is 200 Å². The number of thiophene rings is 1. The third-order valence-electron chi connectivity index (χ3n) is 12.8.